The van der Waals surface area contributed by atoms with Gasteiger partial charge in [-0.15, -0.1) is 0 Å². The van der Waals surface area contributed by atoms with Gasteiger partial charge in [0.15, 0.2) is 6.61 Å². The molecule has 0 bridgehead atoms. The molecule has 3 nitrogen and oxygen atoms in total. The van der Waals surface area contributed by atoms with Crippen LogP contribution in [0.2, 0.25) is 0 Å². The van der Waals surface area contributed by atoms with E-state index >= 15 is 0 Å². The first-order valence-corrected chi connectivity index (χ1v) is 7.48. The van der Waals surface area contributed by atoms with Crippen molar-refractivity contribution in [2.75, 3.05) is 6.61 Å². The van der Waals surface area contributed by atoms with Crippen molar-refractivity contribution in [3.05, 3.63) is 64.2 Å². The molecule has 0 atom stereocenters. The van der Waals surface area contributed by atoms with E-state index in [1.54, 1.807) is 0 Å². The molecule has 1 amide bonds. The van der Waals surface area contributed by atoms with Gasteiger partial charge in [0.2, 0.25) is 0 Å². The summed E-state index contributed by atoms with van der Waals surface area (Å²) < 4.78 is 5.68. The third-order valence-corrected chi connectivity index (χ3v) is 3.56. The smallest absolute Gasteiger partial charge is 0.258 e. The van der Waals surface area contributed by atoms with Crippen molar-refractivity contribution in [1.82, 2.24) is 5.32 Å². The van der Waals surface area contributed by atoms with Crippen molar-refractivity contribution in [3.8, 4) is 5.75 Å². The molecule has 2 aromatic carbocycles. The molecular formula is C19H23NO2. The van der Waals surface area contributed by atoms with E-state index < -0.39 is 0 Å². The van der Waals surface area contributed by atoms with Crippen LogP contribution in [-0.4, -0.2) is 12.5 Å². The molecule has 3 heteroatoms. The van der Waals surface area contributed by atoms with Gasteiger partial charge in [0.05, 0.1) is 0 Å². The highest BCUT2D eigenvalue weighted by Gasteiger charge is 2.08. The fraction of sp³-hybridized carbons (Fsp3) is 0.316. The van der Waals surface area contributed by atoms with E-state index in [2.05, 4.69) is 24.4 Å². The summed E-state index contributed by atoms with van der Waals surface area (Å²) in [5.41, 5.74) is 5.62. The Morgan fingerprint density at radius 1 is 0.955 bits per heavy atom. The summed E-state index contributed by atoms with van der Waals surface area (Å²) in [7, 11) is 0. The number of nitrogens with one attached hydrogen (secondary N) is 1. The molecule has 0 saturated heterocycles. The van der Waals surface area contributed by atoms with Crippen molar-refractivity contribution in [3.63, 3.8) is 0 Å². The van der Waals surface area contributed by atoms with Gasteiger partial charge in [-0.2, -0.15) is 0 Å². The van der Waals surface area contributed by atoms with Crippen molar-refractivity contribution in [1.29, 1.82) is 0 Å². The van der Waals surface area contributed by atoms with Crippen LogP contribution < -0.4 is 10.1 Å². The van der Waals surface area contributed by atoms with E-state index in [4.69, 9.17) is 4.74 Å². The van der Waals surface area contributed by atoms with Crippen LogP contribution >= 0.6 is 0 Å². The molecule has 0 saturated carbocycles. The second kappa shape index (κ2) is 7.12. The monoisotopic (exact) mass is 297 g/mol. The molecule has 1 N–H and O–H groups in total. The number of hydrogen-bond acceptors (Lipinski definition) is 2. The summed E-state index contributed by atoms with van der Waals surface area (Å²) in [4.78, 5) is 11.9. The number of rotatable bonds is 5. The third kappa shape index (κ3) is 4.35. The Morgan fingerprint density at radius 2 is 1.55 bits per heavy atom. The van der Waals surface area contributed by atoms with E-state index in [0.717, 1.165) is 22.4 Å². The fourth-order valence-electron chi connectivity index (χ4n) is 2.49. The molecule has 2 aromatic rings. The zero-order chi connectivity index (χ0) is 16.1. The Balaban J connectivity index is 1.87. The lowest BCUT2D eigenvalue weighted by molar-refractivity contribution is -0.123. The minimum atomic E-state index is -0.111. The SMILES string of the molecule is Cc1ccc(CNC(=O)COc2c(C)cc(C)cc2C)cc1. The number of ether oxygens (including phenoxy) is 1. The topological polar surface area (TPSA) is 38.3 Å². The van der Waals surface area contributed by atoms with Crippen LogP contribution in [0.25, 0.3) is 0 Å². The van der Waals surface area contributed by atoms with E-state index in [1.165, 1.54) is 11.1 Å². The number of carbonyl (C=O) groups excluding carboxylic acids is 1. The van der Waals surface area contributed by atoms with Gasteiger partial charge in [0.1, 0.15) is 5.75 Å². The number of amides is 1. The number of hydrogen-bond donors (Lipinski definition) is 1. The molecule has 0 spiro atoms. The molecule has 0 aliphatic heterocycles. The summed E-state index contributed by atoms with van der Waals surface area (Å²) in [6, 6.07) is 12.2. The molecule has 0 unspecified atom stereocenters. The summed E-state index contributed by atoms with van der Waals surface area (Å²) in [6.07, 6.45) is 0. The maximum absolute atomic E-state index is 11.9. The fourth-order valence-corrected chi connectivity index (χ4v) is 2.49. The molecule has 116 valence electrons. The first kappa shape index (κ1) is 16.1. The highest BCUT2D eigenvalue weighted by molar-refractivity contribution is 5.77. The molecule has 0 radical (unpaired) electrons. The summed E-state index contributed by atoms with van der Waals surface area (Å²) >= 11 is 0. The van der Waals surface area contributed by atoms with Crippen LogP contribution in [0.5, 0.6) is 5.75 Å². The molecule has 0 heterocycles. The van der Waals surface area contributed by atoms with Gasteiger partial charge < -0.3 is 10.1 Å². The van der Waals surface area contributed by atoms with Crippen molar-refractivity contribution < 1.29 is 9.53 Å². The number of carbonyl (C=O) groups is 1. The molecule has 0 aromatic heterocycles. The summed E-state index contributed by atoms with van der Waals surface area (Å²) in [5.74, 6) is 0.691. The van der Waals surface area contributed by atoms with Crippen molar-refractivity contribution >= 4 is 5.91 Å². The standard InChI is InChI=1S/C19H23NO2/c1-13-5-7-17(8-6-13)11-20-18(21)12-22-19-15(3)9-14(2)10-16(19)4/h5-10H,11-12H2,1-4H3,(H,20,21). The van der Waals surface area contributed by atoms with Gasteiger partial charge in [-0.3, -0.25) is 4.79 Å². The molecule has 0 fully saturated rings. The van der Waals surface area contributed by atoms with Crippen LogP contribution in [0.15, 0.2) is 36.4 Å². The lowest BCUT2D eigenvalue weighted by Crippen LogP contribution is -2.28. The average Bonchev–Trinajstić information content (AvgIpc) is 2.45. The minimum absolute atomic E-state index is 0.0383. The second-order valence-electron chi connectivity index (χ2n) is 5.78. The van der Waals surface area contributed by atoms with E-state index in [0.29, 0.717) is 6.54 Å². The Morgan fingerprint density at radius 3 is 2.14 bits per heavy atom. The van der Waals surface area contributed by atoms with E-state index in [9.17, 15) is 4.79 Å². The Bertz CT molecular complexity index is 637. The first-order valence-electron chi connectivity index (χ1n) is 7.48. The molecular weight excluding hydrogens is 274 g/mol. The maximum Gasteiger partial charge on any atom is 0.258 e. The van der Waals surface area contributed by atoms with Gasteiger partial charge >= 0.3 is 0 Å². The average molecular weight is 297 g/mol. The van der Waals surface area contributed by atoms with Gasteiger partial charge in [-0.25, -0.2) is 0 Å². The van der Waals surface area contributed by atoms with Crippen LogP contribution in [0.3, 0.4) is 0 Å². The van der Waals surface area contributed by atoms with Gasteiger partial charge in [0.25, 0.3) is 5.91 Å². The van der Waals surface area contributed by atoms with E-state index in [-0.39, 0.29) is 12.5 Å². The van der Waals surface area contributed by atoms with Crippen molar-refractivity contribution in [2.24, 2.45) is 0 Å². The molecule has 0 aliphatic carbocycles. The lowest BCUT2D eigenvalue weighted by atomic mass is 10.1. The predicted molar refractivity (Wildman–Crippen MR) is 89.2 cm³/mol. The van der Waals surface area contributed by atoms with Crippen LogP contribution in [0.1, 0.15) is 27.8 Å². The van der Waals surface area contributed by atoms with Crippen LogP contribution in [0.4, 0.5) is 0 Å². The Kier molecular flexibility index (Phi) is 5.21. The summed E-state index contributed by atoms with van der Waals surface area (Å²) in [5, 5.41) is 2.88. The second-order valence-corrected chi connectivity index (χ2v) is 5.78. The van der Waals surface area contributed by atoms with E-state index in [1.807, 2.05) is 45.0 Å². The lowest BCUT2D eigenvalue weighted by Gasteiger charge is -2.13. The zero-order valence-electron chi connectivity index (χ0n) is 13.7. The van der Waals surface area contributed by atoms with Gasteiger partial charge in [-0.1, -0.05) is 47.5 Å². The zero-order valence-corrected chi connectivity index (χ0v) is 13.7. The minimum Gasteiger partial charge on any atom is -0.483 e. The largest absolute Gasteiger partial charge is 0.483 e. The maximum atomic E-state index is 11.9. The number of aryl methyl sites for hydroxylation is 4. The molecule has 0 aliphatic rings. The van der Waals surface area contributed by atoms with Crippen LogP contribution in [0, 0.1) is 27.7 Å². The quantitative estimate of drug-likeness (QED) is 0.915. The van der Waals surface area contributed by atoms with Gasteiger partial charge in [0, 0.05) is 6.54 Å². The highest BCUT2D eigenvalue weighted by atomic mass is 16.5. The third-order valence-electron chi connectivity index (χ3n) is 3.56. The Hall–Kier alpha value is -2.29. The first-order chi connectivity index (χ1) is 10.5. The predicted octanol–water partition coefficient (Wildman–Crippen LogP) is 3.62. The highest BCUT2D eigenvalue weighted by Crippen LogP contribution is 2.24. The normalized spacial score (nSPS) is 10.4. The van der Waals surface area contributed by atoms with Gasteiger partial charge in [-0.05, 0) is 44.4 Å². The molecule has 2 rings (SSSR count). The molecule has 22 heavy (non-hydrogen) atoms. The number of benzene rings is 2. The van der Waals surface area contributed by atoms with Crippen LogP contribution in [-0.2, 0) is 11.3 Å². The summed E-state index contributed by atoms with van der Waals surface area (Å²) in [6.45, 7) is 8.66. The Labute approximate surface area is 132 Å². The van der Waals surface area contributed by atoms with Crippen molar-refractivity contribution in [2.45, 2.75) is 34.2 Å².